The van der Waals surface area contributed by atoms with Crippen molar-refractivity contribution in [2.75, 3.05) is 17.2 Å². The molecule has 0 spiro atoms. The number of nitrogens with one attached hydrogen (secondary N) is 2. The third kappa shape index (κ3) is 3.00. The first-order valence-electron chi connectivity index (χ1n) is 6.93. The predicted molar refractivity (Wildman–Crippen MR) is 93.3 cm³/mol. The standard InChI is InChI=1S/C17H16BrN3/c1-2-19-16-8-5-9-17(21-16)20-15-11-10-14(18)12-6-3-4-7-13(12)15/h3-11H,2H2,1H3,(H2,19,20,21). The van der Waals surface area contributed by atoms with Gasteiger partial charge < -0.3 is 10.6 Å². The molecule has 106 valence electrons. The van der Waals surface area contributed by atoms with Gasteiger partial charge in [0.2, 0.25) is 0 Å². The zero-order valence-corrected chi connectivity index (χ0v) is 13.3. The van der Waals surface area contributed by atoms with Crippen LogP contribution < -0.4 is 10.6 Å². The van der Waals surface area contributed by atoms with Crippen LogP contribution in [0.4, 0.5) is 17.3 Å². The fourth-order valence-corrected chi connectivity index (χ4v) is 2.77. The molecule has 3 rings (SSSR count). The largest absolute Gasteiger partial charge is 0.370 e. The number of pyridine rings is 1. The lowest BCUT2D eigenvalue weighted by Crippen LogP contribution is -2.01. The maximum absolute atomic E-state index is 4.55. The highest BCUT2D eigenvalue weighted by molar-refractivity contribution is 9.10. The normalized spacial score (nSPS) is 10.6. The van der Waals surface area contributed by atoms with E-state index in [9.17, 15) is 0 Å². The first-order valence-corrected chi connectivity index (χ1v) is 7.72. The van der Waals surface area contributed by atoms with Crippen molar-refractivity contribution >= 4 is 44.0 Å². The van der Waals surface area contributed by atoms with Gasteiger partial charge in [-0.1, -0.05) is 46.3 Å². The predicted octanol–water partition coefficient (Wildman–Crippen LogP) is 5.17. The van der Waals surface area contributed by atoms with Crippen LogP contribution in [-0.4, -0.2) is 11.5 Å². The van der Waals surface area contributed by atoms with Crippen LogP contribution in [0.15, 0.2) is 59.1 Å². The van der Waals surface area contributed by atoms with Crippen molar-refractivity contribution in [3.63, 3.8) is 0 Å². The molecule has 1 heterocycles. The molecule has 2 aromatic carbocycles. The zero-order valence-electron chi connectivity index (χ0n) is 11.7. The summed E-state index contributed by atoms with van der Waals surface area (Å²) >= 11 is 3.60. The van der Waals surface area contributed by atoms with Gasteiger partial charge in [0.05, 0.1) is 0 Å². The van der Waals surface area contributed by atoms with Crippen LogP contribution in [0, 0.1) is 0 Å². The van der Waals surface area contributed by atoms with Crippen molar-refractivity contribution in [3.05, 3.63) is 59.1 Å². The highest BCUT2D eigenvalue weighted by atomic mass is 79.9. The van der Waals surface area contributed by atoms with Crippen LogP contribution >= 0.6 is 15.9 Å². The second kappa shape index (κ2) is 6.14. The number of fused-ring (bicyclic) bond motifs is 1. The lowest BCUT2D eigenvalue weighted by atomic mass is 10.1. The summed E-state index contributed by atoms with van der Waals surface area (Å²) in [4.78, 5) is 4.55. The van der Waals surface area contributed by atoms with Crippen LogP contribution in [0.1, 0.15) is 6.92 Å². The van der Waals surface area contributed by atoms with Crippen molar-refractivity contribution in [2.24, 2.45) is 0 Å². The maximum Gasteiger partial charge on any atom is 0.132 e. The Bertz CT molecular complexity index is 771. The molecule has 2 N–H and O–H groups in total. The summed E-state index contributed by atoms with van der Waals surface area (Å²) in [7, 11) is 0. The number of aromatic nitrogens is 1. The SMILES string of the molecule is CCNc1cccc(Nc2ccc(Br)c3ccccc23)n1. The average Bonchev–Trinajstić information content (AvgIpc) is 2.51. The summed E-state index contributed by atoms with van der Waals surface area (Å²) in [5.41, 5.74) is 1.05. The molecule has 0 amide bonds. The number of benzene rings is 2. The number of anilines is 3. The van der Waals surface area contributed by atoms with E-state index in [1.165, 1.54) is 10.8 Å². The Labute approximate surface area is 132 Å². The molecular weight excluding hydrogens is 326 g/mol. The van der Waals surface area contributed by atoms with Crippen molar-refractivity contribution in [3.8, 4) is 0 Å². The van der Waals surface area contributed by atoms with Crippen LogP contribution in [0.5, 0.6) is 0 Å². The molecule has 0 radical (unpaired) electrons. The van der Waals surface area contributed by atoms with Crippen LogP contribution in [0.25, 0.3) is 10.8 Å². The molecule has 3 aromatic rings. The third-order valence-corrected chi connectivity index (χ3v) is 3.93. The molecule has 0 bridgehead atoms. The number of nitrogens with zero attached hydrogens (tertiary/aromatic N) is 1. The molecule has 0 atom stereocenters. The van der Waals surface area contributed by atoms with E-state index in [-0.39, 0.29) is 0 Å². The van der Waals surface area contributed by atoms with Crippen molar-refractivity contribution in [2.45, 2.75) is 6.92 Å². The average molecular weight is 342 g/mol. The Morgan fingerprint density at radius 2 is 1.67 bits per heavy atom. The van der Waals surface area contributed by atoms with E-state index >= 15 is 0 Å². The highest BCUT2D eigenvalue weighted by Crippen LogP contribution is 2.31. The summed E-state index contributed by atoms with van der Waals surface area (Å²) in [5, 5.41) is 8.98. The third-order valence-electron chi connectivity index (χ3n) is 3.24. The van der Waals surface area contributed by atoms with Gasteiger partial charge in [-0.3, -0.25) is 0 Å². The molecule has 0 saturated heterocycles. The lowest BCUT2D eigenvalue weighted by Gasteiger charge is -2.11. The first-order chi connectivity index (χ1) is 10.3. The van der Waals surface area contributed by atoms with Gasteiger partial charge in [0, 0.05) is 22.1 Å². The zero-order chi connectivity index (χ0) is 14.7. The summed E-state index contributed by atoms with van der Waals surface area (Å²) in [5.74, 6) is 1.71. The Kier molecular flexibility index (Phi) is 4.06. The van der Waals surface area contributed by atoms with Crippen molar-refractivity contribution < 1.29 is 0 Å². The van der Waals surface area contributed by atoms with Gasteiger partial charge in [0.1, 0.15) is 11.6 Å². The molecule has 21 heavy (non-hydrogen) atoms. The molecule has 0 aliphatic heterocycles. The Morgan fingerprint density at radius 3 is 2.48 bits per heavy atom. The lowest BCUT2D eigenvalue weighted by molar-refractivity contribution is 1.16. The van der Waals surface area contributed by atoms with Gasteiger partial charge in [-0.15, -0.1) is 0 Å². The monoisotopic (exact) mass is 341 g/mol. The van der Waals surface area contributed by atoms with E-state index < -0.39 is 0 Å². The quantitative estimate of drug-likeness (QED) is 0.687. The van der Waals surface area contributed by atoms with Gasteiger partial charge >= 0.3 is 0 Å². The smallest absolute Gasteiger partial charge is 0.132 e. The first kappa shape index (κ1) is 13.9. The molecule has 4 heteroatoms. The van der Waals surface area contributed by atoms with E-state index in [4.69, 9.17) is 0 Å². The van der Waals surface area contributed by atoms with E-state index in [0.717, 1.165) is 28.3 Å². The van der Waals surface area contributed by atoms with E-state index in [1.54, 1.807) is 0 Å². The molecular formula is C17H16BrN3. The molecule has 3 nitrogen and oxygen atoms in total. The molecule has 0 aliphatic rings. The minimum Gasteiger partial charge on any atom is -0.370 e. The molecule has 0 fully saturated rings. The number of hydrogen-bond donors (Lipinski definition) is 2. The van der Waals surface area contributed by atoms with Crippen molar-refractivity contribution in [1.29, 1.82) is 0 Å². The topological polar surface area (TPSA) is 37.0 Å². The van der Waals surface area contributed by atoms with Crippen LogP contribution in [0.3, 0.4) is 0 Å². The molecule has 1 aromatic heterocycles. The second-order valence-electron chi connectivity index (χ2n) is 4.70. The minimum absolute atomic E-state index is 0.834. The van der Waals surface area contributed by atoms with E-state index in [0.29, 0.717) is 0 Å². The summed E-state index contributed by atoms with van der Waals surface area (Å²) in [6.07, 6.45) is 0. The van der Waals surface area contributed by atoms with Crippen LogP contribution in [0.2, 0.25) is 0 Å². The van der Waals surface area contributed by atoms with Gasteiger partial charge in [-0.05, 0) is 36.6 Å². The summed E-state index contributed by atoms with van der Waals surface area (Å²) < 4.78 is 1.10. The van der Waals surface area contributed by atoms with Crippen LogP contribution in [-0.2, 0) is 0 Å². The molecule has 0 aliphatic carbocycles. The summed E-state index contributed by atoms with van der Waals surface area (Å²) in [6, 6.07) is 18.3. The maximum atomic E-state index is 4.55. The summed E-state index contributed by atoms with van der Waals surface area (Å²) in [6.45, 7) is 2.92. The van der Waals surface area contributed by atoms with E-state index in [2.05, 4.69) is 62.7 Å². The van der Waals surface area contributed by atoms with Gasteiger partial charge in [0.25, 0.3) is 0 Å². The number of halogens is 1. The number of hydrogen-bond acceptors (Lipinski definition) is 3. The Hall–Kier alpha value is -2.07. The highest BCUT2D eigenvalue weighted by Gasteiger charge is 2.05. The fourth-order valence-electron chi connectivity index (χ4n) is 2.29. The fraction of sp³-hybridized carbons (Fsp3) is 0.118. The molecule has 0 saturated carbocycles. The van der Waals surface area contributed by atoms with Crippen molar-refractivity contribution in [1.82, 2.24) is 4.98 Å². The Morgan fingerprint density at radius 1 is 0.905 bits per heavy atom. The van der Waals surface area contributed by atoms with Gasteiger partial charge in [-0.2, -0.15) is 0 Å². The Balaban J connectivity index is 1.98. The van der Waals surface area contributed by atoms with E-state index in [1.807, 2.05) is 30.3 Å². The van der Waals surface area contributed by atoms with Gasteiger partial charge in [0.15, 0.2) is 0 Å². The number of rotatable bonds is 4. The second-order valence-corrected chi connectivity index (χ2v) is 5.56. The van der Waals surface area contributed by atoms with Gasteiger partial charge in [-0.25, -0.2) is 4.98 Å². The molecule has 0 unspecified atom stereocenters. The minimum atomic E-state index is 0.834.